The number of hydrogen-bond donors (Lipinski definition) is 2. The van der Waals surface area contributed by atoms with Gasteiger partial charge in [0.25, 0.3) is 5.56 Å². The van der Waals surface area contributed by atoms with Crippen LogP contribution >= 0.6 is 0 Å². The fourth-order valence-corrected chi connectivity index (χ4v) is 4.20. The van der Waals surface area contributed by atoms with Crippen molar-refractivity contribution in [1.29, 1.82) is 0 Å². The average Bonchev–Trinajstić information content (AvgIpc) is 3.20. The smallest absolute Gasteiger partial charge is 0.255 e. The van der Waals surface area contributed by atoms with Crippen LogP contribution in [0.3, 0.4) is 0 Å². The van der Waals surface area contributed by atoms with Gasteiger partial charge in [0.15, 0.2) is 0 Å². The summed E-state index contributed by atoms with van der Waals surface area (Å²) in [6.07, 6.45) is 11.3. The number of pyridine rings is 2. The lowest BCUT2D eigenvalue weighted by Crippen LogP contribution is -2.37. The van der Waals surface area contributed by atoms with Crippen LogP contribution in [0.2, 0.25) is 0 Å². The number of hydrogen-bond acceptors (Lipinski definition) is 7. The highest BCUT2D eigenvalue weighted by Crippen LogP contribution is 2.36. The van der Waals surface area contributed by atoms with Crippen molar-refractivity contribution in [1.82, 2.24) is 19.5 Å². The predicted molar refractivity (Wildman–Crippen MR) is 118 cm³/mol. The molecule has 3 aromatic rings. The van der Waals surface area contributed by atoms with Crippen LogP contribution in [0.15, 0.2) is 59.9 Å². The van der Waals surface area contributed by atoms with E-state index in [0.29, 0.717) is 18.0 Å². The fourth-order valence-electron chi connectivity index (χ4n) is 4.20. The van der Waals surface area contributed by atoms with Crippen molar-refractivity contribution < 1.29 is 4.74 Å². The maximum atomic E-state index is 12.0. The summed E-state index contributed by atoms with van der Waals surface area (Å²) in [6.45, 7) is 2.88. The molecule has 31 heavy (non-hydrogen) atoms. The first-order valence-electron chi connectivity index (χ1n) is 10.7. The van der Waals surface area contributed by atoms with Crippen molar-refractivity contribution in [3.63, 3.8) is 0 Å². The fraction of sp³-hybridized carbons (Fsp3) is 0.391. The van der Waals surface area contributed by atoms with Crippen LogP contribution in [-0.4, -0.2) is 38.2 Å². The third-order valence-electron chi connectivity index (χ3n) is 6.23. The van der Waals surface area contributed by atoms with Gasteiger partial charge in [-0.05, 0) is 44.4 Å². The lowest BCUT2D eigenvalue weighted by atomic mass is 9.91. The van der Waals surface area contributed by atoms with Crippen molar-refractivity contribution >= 4 is 11.8 Å². The van der Waals surface area contributed by atoms with Gasteiger partial charge < -0.3 is 15.4 Å². The van der Waals surface area contributed by atoms with Gasteiger partial charge in [-0.15, -0.1) is 0 Å². The Morgan fingerprint density at radius 1 is 1.03 bits per heavy atom. The second kappa shape index (κ2) is 8.11. The van der Waals surface area contributed by atoms with Gasteiger partial charge >= 0.3 is 0 Å². The third-order valence-corrected chi connectivity index (χ3v) is 6.23. The zero-order chi connectivity index (χ0) is 21.3. The van der Waals surface area contributed by atoms with Crippen LogP contribution in [0.1, 0.15) is 38.2 Å². The molecule has 5 rings (SSSR count). The molecule has 2 fully saturated rings. The second-order valence-corrected chi connectivity index (χ2v) is 8.43. The Balaban J connectivity index is 1.16. The second-order valence-electron chi connectivity index (χ2n) is 8.43. The molecular formula is C23H26N6O2. The summed E-state index contributed by atoms with van der Waals surface area (Å²) in [5.74, 6) is 1.47. The van der Waals surface area contributed by atoms with Gasteiger partial charge in [-0.1, -0.05) is 6.07 Å². The highest BCUT2D eigenvalue weighted by atomic mass is 16.5. The van der Waals surface area contributed by atoms with Gasteiger partial charge in [-0.3, -0.25) is 9.36 Å². The average molecular weight is 419 g/mol. The molecule has 0 radical (unpaired) electrons. The molecule has 0 amide bonds. The maximum absolute atomic E-state index is 12.0. The van der Waals surface area contributed by atoms with Crippen molar-refractivity contribution in [3.05, 3.63) is 71.0 Å². The zero-order valence-corrected chi connectivity index (χ0v) is 17.5. The molecule has 4 heterocycles. The van der Waals surface area contributed by atoms with Crippen LogP contribution in [0.25, 0.3) is 5.69 Å². The molecule has 160 valence electrons. The SMILES string of the molecule is CC1(c2cnc(N[C@H]3CC[C@H](Nc4ccc(-n5ccccc5=O)cn4)C3)nc2)CCO1. The first-order valence-corrected chi connectivity index (χ1v) is 10.7. The van der Waals surface area contributed by atoms with E-state index in [0.717, 1.165) is 49.4 Å². The molecule has 1 aliphatic heterocycles. The number of rotatable bonds is 6. The van der Waals surface area contributed by atoms with Gasteiger partial charge in [0.2, 0.25) is 5.95 Å². The molecule has 1 saturated heterocycles. The van der Waals surface area contributed by atoms with E-state index in [1.165, 1.54) is 6.07 Å². The quantitative estimate of drug-likeness (QED) is 0.635. The van der Waals surface area contributed by atoms with Crippen LogP contribution in [0.4, 0.5) is 11.8 Å². The molecule has 0 bridgehead atoms. The lowest BCUT2D eigenvalue weighted by Gasteiger charge is -2.38. The van der Waals surface area contributed by atoms with E-state index in [-0.39, 0.29) is 11.2 Å². The summed E-state index contributed by atoms with van der Waals surface area (Å²) >= 11 is 0. The molecule has 8 nitrogen and oxygen atoms in total. The zero-order valence-electron chi connectivity index (χ0n) is 17.5. The summed E-state index contributed by atoms with van der Waals surface area (Å²) in [5.41, 5.74) is 1.49. The lowest BCUT2D eigenvalue weighted by molar-refractivity contribution is -0.141. The summed E-state index contributed by atoms with van der Waals surface area (Å²) in [4.78, 5) is 25.4. The van der Waals surface area contributed by atoms with Gasteiger partial charge in [-0.25, -0.2) is 15.0 Å². The molecule has 3 atom stereocenters. The Morgan fingerprint density at radius 2 is 1.81 bits per heavy atom. The van der Waals surface area contributed by atoms with Crippen molar-refractivity contribution in [2.75, 3.05) is 17.2 Å². The maximum Gasteiger partial charge on any atom is 0.255 e. The molecule has 0 aromatic carbocycles. The minimum atomic E-state index is -0.224. The van der Waals surface area contributed by atoms with Crippen LogP contribution < -0.4 is 16.2 Å². The third kappa shape index (κ3) is 4.16. The topological polar surface area (TPSA) is 94.0 Å². The van der Waals surface area contributed by atoms with Crippen molar-refractivity contribution in [2.24, 2.45) is 0 Å². The Labute approximate surface area is 180 Å². The predicted octanol–water partition coefficient (Wildman–Crippen LogP) is 3.10. The first kappa shape index (κ1) is 19.7. The van der Waals surface area contributed by atoms with Crippen molar-refractivity contribution in [3.8, 4) is 5.69 Å². The van der Waals surface area contributed by atoms with Gasteiger partial charge in [-0.2, -0.15) is 0 Å². The molecule has 0 spiro atoms. The number of nitrogens with one attached hydrogen (secondary N) is 2. The van der Waals surface area contributed by atoms with Crippen LogP contribution in [-0.2, 0) is 10.3 Å². The highest BCUT2D eigenvalue weighted by molar-refractivity contribution is 5.42. The molecule has 1 aliphatic carbocycles. The molecule has 1 unspecified atom stereocenters. The molecule has 2 N–H and O–H groups in total. The molecule has 8 heteroatoms. The summed E-state index contributed by atoms with van der Waals surface area (Å²) < 4.78 is 7.23. The van der Waals surface area contributed by atoms with E-state index in [2.05, 4.69) is 32.5 Å². The van der Waals surface area contributed by atoms with Crippen LogP contribution in [0.5, 0.6) is 0 Å². The largest absolute Gasteiger partial charge is 0.370 e. The van der Waals surface area contributed by atoms with E-state index in [1.807, 2.05) is 30.6 Å². The van der Waals surface area contributed by atoms with E-state index < -0.39 is 0 Å². The Bertz CT molecular complexity index is 1090. The van der Waals surface area contributed by atoms with E-state index in [9.17, 15) is 4.79 Å². The standard InChI is InChI=1S/C23H26N6O2/c1-23(9-11-31-23)16-13-25-22(26-14-16)28-18-6-5-17(12-18)27-20-8-7-19(15-24-20)29-10-3-2-4-21(29)30/h2-4,7-8,10,13-15,17-18H,5-6,9,11-12H2,1H3,(H,24,27)(H,25,26,28)/t17-,18-,23?/m0/s1. The molecule has 1 saturated carbocycles. The minimum absolute atomic E-state index is 0.0701. The summed E-state index contributed by atoms with van der Waals surface area (Å²) in [7, 11) is 0. The summed E-state index contributed by atoms with van der Waals surface area (Å²) in [6, 6.07) is 9.57. The Kier molecular flexibility index (Phi) is 5.15. The molecule has 2 aliphatic rings. The minimum Gasteiger partial charge on any atom is -0.370 e. The highest BCUT2D eigenvalue weighted by Gasteiger charge is 2.35. The van der Waals surface area contributed by atoms with Crippen LogP contribution in [0, 0.1) is 0 Å². The van der Waals surface area contributed by atoms with Gasteiger partial charge in [0, 0.05) is 48.7 Å². The normalized spacial score (nSPS) is 25.1. The van der Waals surface area contributed by atoms with E-state index in [1.54, 1.807) is 23.0 Å². The number of ether oxygens (including phenoxy) is 1. The number of anilines is 2. The summed E-state index contributed by atoms with van der Waals surface area (Å²) in [5, 5.41) is 6.94. The first-order chi connectivity index (χ1) is 15.1. The number of aromatic nitrogens is 4. The monoisotopic (exact) mass is 418 g/mol. The molecule has 3 aromatic heterocycles. The van der Waals surface area contributed by atoms with Gasteiger partial charge in [0.1, 0.15) is 5.82 Å². The van der Waals surface area contributed by atoms with E-state index >= 15 is 0 Å². The Hall–Kier alpha value is -3.26. The Morgan fingerprint density at radius 3 is 2.45 bits per heavy atom. The van der Waals surface area contributed by atoms with E-state index in [4.69, 9.17) is 4.74 Å². The van der Waals surface area contributed by atoms with Gasteiger partial charge in [0.05, 0.1) is 24.1 Å². The van der Waals surface area contributed by atoms with Crippen molar-refractivity contribution in [2.45, 2.75) is 50.3 Å². The molecular weight excluding hydrogens is 392 g/mol. The number of nitrogens with zero attached hydrogens (tertiary/aromatic N) is 4.